The summed E-state index contributed by atoms with van der Waals surface area (Å²) in [6, 6.07) is 4.72. The van der Waals surface area contributed by atoms with Gasteiger partial charge in [0.15, 0.2) is 0 Å². The highest BCUT2D eigenvalue weighted by atomic mass is 19.1. The van der Waals surface area contributed by atoms with Gasteiger partial charge in [0.2, 0.25) is 0 Å². The number of halogens is 2. The number of likely N-dealkylation sites (tertiary alicyclic amines) is 1. The van der Waals surface area contributed by atoms with Gasteiger partial charge in [-0.1, -0.05) is 0 Å². The van der Waals surface area contributed by atoms with Crippen molar-refractivity contribution in [2.45, 2.75) is 31.8 Å². The Morgan fingerprint density at radius 1 is 1.24 bits per heavy atom. The standard InChI is InChI=1S/C16H19F2N3/c17-15-5-12(7-19)6-16(18)14(15)9-20-8-11-3-4-21(10-11)13-1-2-13/h5-6,11,13,20H,1-4,8-10H2. The van der Waals surface area contributed by atoms with Gasteiger partial charge in [-0.15, -0.1) is 0 Å². The smallest absolute Gasteiger partial charge is 0.131 e. The molecule has 1 aliphatic carbocycles. The minimum atomic E-state index is -0.648. The van der Waals surface area contributed by atoms with Crippen molar-refractivity contribution in [1.82, 2.24) is 10.2 Å². The van der Waals surface area contributed by atoms with Crippen LogP contribution < -0.4 is 5.32 Å². The van der Waals surface area contributed by atoms with Crippen molar-refractivity contribution in [3.8, 4) is 6.07 Å². The Morgan fingerprint density at radius 2 is 1.95 bits per heavy atom. The summed E-state index contributed by atoms with van der Waals surface area (Å²) in [5.41, 5.74) is 0.0377. The number of hydrogen-bond donors (Lipinski definition) is 1. The highest BCUT2D eigenvalue weighted by Gasteiger charge is 2.34. The molecule has 1 aromatic rings. The van der Waals surface area contributed by atoms with Crippen molar-refractivity contribution in [1.29, 1.82) is 5.26 Å². The Morgan fingerprint density at radius 3 is 2.57 bits per heavy atom. The van der Waals surface area contributed by atoms with Crippen molar-refractivity contribution >= 4 is 0 Å². The fourth-order valence-corrected chi connectivity index (χ4v) is 3.04. The van der Waals surface area contributed by atoms with Gasteiger partial charge >= 0.3 is 0 Å². The topological polar surface area (TPSA) is 39.1 Å². The molecule has 3 nitrogen and oxygen atoms in total. The lowest BCUT2D eigenvalue weighted by Gasteiger charge is -2.15. The van der Waals surface area contributed by atoms with E-state index in [1.165, 1.54) is 12.8 Å². The second-order valence-electron chi connectivity index (χ2n) is 6.04. The molecular formula is C16H19F2N3. The van der Waals surface area contributed by atoms with Crippen molar-refractivity contribution in [3.05, 3.63) is 34.9 Å². The summed E-state index contributed by atoms with van der Waals surface area (Å²) in [5, 5.41) is 11.8. The first-order chi connectivity index (χ1) is 10.2. The van der Waals surface area contributed by atoms with E-state index in [4.69, 9.17) is 5.26 Å². The molecule has 1 heterocycles. The third-order valence-corrected chi connectivity index (χ3v) is 4.39. The first kappa shape index (κ1) is 14.4. The van der Waals surface area contributed by atoms with Crippen LogP contribution in [-0.4, -0.2) is 30.6 Å². The summed E-state index contributed by atoms with van der Waals surface area (Å²) in [6.07, 6.45) is 3.80. The Kier molecular flexibility index (Phi) is 4.18. The van der Waals surface area contributed by atoms with E-state index in [0.29, 0.717) is 5.92 Å². The molecule has 1 N–H and O–H groups in total. The lowest BCUT2D eigenvalue weighted by Crippen LogP contribution is -2.27. The molecule has 1 atom stereocenters. The SMILES string of the molecule is N#Cc1cc(F)c(CNCC2CCN(C3CC3)C2)c(F)c1. The van der Waals surface area contributed by atoms with Gasteiger partial charge in [-0.25, -0.2) is 8.78 Å². The number of nitrogens with one attached hydrogen (secondary N) is 1. The number of benzene rings is 1. The van der Waals surface area contributed by atoms with Crippen LogP contribution >= 0.6 is 0 Å². The third-order valence-electron chi connectivity index (χ3n) is 4.39. The Balaban J connectivity index is 1.50. The van der Waals surface area contributed by atoms with E-state index in [2.05, 4.69) is 10.2 Å². The molecule has 1 saturated carbocycles. The second-order valence-corrected chi connectivity index (χ2v) is 6.04. The average Bonchev–Trinajstić information content (AvgIpc) is 3.21. The van der Waals surface area contributed by atoms with Crippen molar-refractivity contribution < 1.29 is 8.78 Å². The van der Waals surface area contributed by atoms with Crippen molar-refractivity contribution in [2.75, 3.05) is 19.6 Å². The Bertz CT molecular complexity index is 540. The maximum absolute atomic E-state index is 13.7. The van der Waals surface area contributed by atoms with Crippen LogP contribution in [0.15, 0.2) is 12.1 Å². The van der Waals surface area contributed by atoms with Crippen LogP contribution in [0.5, 0.6) is 0 Å². The molecule has 1 saturated heterocycles. The van der Waals surface area contributed by atoms with Gasteiger partial charge in [-0.3, -0.25) is 0 Å². The van der Waals surface area contributed by atoms with E-state index in [-0.39, 0.29) is 17.7 Å². The van der Waals surface area contributed by atoms with Crippen LogP contribution in [0, 0.1) is 28.9 Å². The minimum absolute atomic E-state index is 0.0182. The van der Waals surface area contributed by atoms with Gasteiger partial charge in [-0.2, -0.15) is 5.26 Å². The molecular weight excluding hydrogens is 272 g/mol. The van der Waals surface area contributed by atoms with E-state index in [0.717, 1.165) is 44.2 Å². The van der Waals surface area contributed by atoms with Gasteiger partial charge in [0.05, 0.1) is 11.6 Å². The van der Waals surface area contributed by atoms with E-state index in [1.54, 1.807) is 6.07 Å². The zero-order valence-corrected chi connectivity index (χ0v) is 11.9. The Hall–Kier alpha value is -1.51. The minimum Gasteiger partial charge on any atom is -0.312 e. The fourth-order valence-electron chi connectivity index (χ4n) is 3.04. The molecule has 0 spiro atoms. The Labute approximate surface area is 123 Å². The molecule has 21 heavy (non-hydrogen) atoms. The molecule has 5 heteroatoms. The predicted molar refractivity (Wildman–Crippen MR) is 75.5 cm³/mol. The van der Waals surface area contributed by atoms with Gasteiger partial charge in [-0.05, 0) is 50.4 Å². The summed E-state index contributed by atoms with van der Waals surface area (Å²) in [7, 11) is 0. The third kappa shape index (κ3) is 3.39. The van der Waals surface area contributed by atoms with Crippen LogP contribution in [0.1, 0.15) is 30.4 Å². The predicted octanol–water partition coefficient (Wildman–Crippen LogP) is 2.41. The summed E-state index contributed by atoms with van der Waals surface area (Å²) in [4.78, 5) is 2.52. The molecule has 0 amide bonds. The molecule has 112 valence electrons. The van der Waals surface area contributed by atoms with Crippen LogP contribution in [0.3, 0.4) is 0 Å². The zero-order chi connectivity index (χ0) is 14.8. The molecule has 0 aromatic heterocycles. The second kappa shape index (κ2) is 6.08. The van der Waals surface area contributed by atoms with E-state index in [1.807, 2.05) is 0 Å². The summed E-state index contributed by atoms with van der Waals surface area (Å²) < 4.78 is 27.5. The largest absolute Gasteiger partial charge is 0.312 e. The number of rotatable bonds is 5. The number of hydrogen-bond acceptors (Lipinski definition) is 3. The average molecular weight is 291 g/mol. The molecule has 1 aliphatic heterocycles. The maximum Gasteiger partial charge on any atom is 0.131 e. The molecule has 2 fully saturated rings. The van der Waals surface area contributed by atoms with Gasteiger partial charge in [0, 0.05) is 24.7 Å². The van der Waals surface area contributed by atoms with Gasteiger partial charge in [0.25, 0.3) is 0 Å². The monoisotopic (exact) mass is 291 g/mol. The summed E-state index contributed by atoms with van der Waals surface area (Å²) in [6.45, 7) is 3.19. The van der Waals surface area contributed by atoms with E-state index in [9.17, 15) is 8.78 Å². The molecule has 1 unspecified atom stereocenters. The zero-order valence-electron chi connectivity index (χ0n) is 11.9. The quantitative estimate of drug-likeness (QED) is 0.905. The highest BCUT2D eigenvalue weighted by Crippen LogP contribution is 2.31. The normalized spacial score (nSPS) is 22.4. The lowest BCUT2D eigenvalue weighted by molar-refractivity contribution is 0.311. The van der Waals surface area contributed by atoms with Crippen molar-refractivity contribution in [3.63, 3.8) is 0 Å². The van der Waals surface area contributed by atoms with Gasteiger partial charge in [0.1, 0.15) is 11.6 Å². The van der Waals surface area contributed by atoms with E-state index >= 15 is 0 Å². The first-order valence-electron chi connectivity index (χ1n) is 7.50. The summed E-state index contributed by atoms with van der Waals surface area (Å²) in [5.74, 6) is -0.731. The van der Waals surface area contributed by atoms with Crippen molar-refractivity contribution in [2.24, 2.45) is 5.92 Å². The van der Waals surface area contributed by atoms with Gasteiger partial charge < -0.3 is 10.2 Å². The lowest BCUT2D eigenvalue weighted by atomic mass is 10.1. The summed E-state index contributed by atoms with van der Waals surface area (Å²) >= 11 is 0. The number of nitriles is 1. The fraction of sp³-hybridized carbons (Fsp3) is 0.562. The molecule has 1 aromatic carbocycles. The maximum atomic E-state index is 13.7. The van der Waals surface area contributed by atoms with Crippen LogP contribution in [0.2, 0.25) is 0 Å². The molecule has 2 aliphatic rings. The highest BCUT2D eigenvalue weighted by molar-refractivity contribution is 5.34. The molecule has 0 bridgehead atoms. The van der Waals surface area contributed by atoms with E-state index < -0.39 is 11.6 Å². The molecule has 0 radical (unpaired) electrons. The molecule has 3 rings (SSSR count). The van der Waals surface area contributed by atoms with Crippen LogP contribution in [0.25, 0.3) is 0 Å². The van der Waals surface area contributed by atoms with Crippen LogP contribution in [0.4, 0.5) is 8.78 Å². The first-order valence-corrected chi connectivity index (χ1v) is 7.50. The van der Waals surface area contributed by atoms with Crippen LogP contribution in [-0.2, 0) is 6.54 Å². The number of nitrogens with zero attached hydrogens (tertiary/aromatic N) is 2.